The molecule has 0 bridgehead atoms. The Morgan fingerprint density at radius 3 is 2.67 bits per heavy atom. The van der Waals surface area contributed by atoms with Gasteiger partial charge in [0, 0.05) is 5.75 Å². The highest BCUT2D eigenvalue weighted by atomic mass is 32.2. The first-order valence-electron chi connectivity index (χ1n) is 4.64. The van der Waals surface area contributed by atoms with E-state index in [9.17, 15) is 9.59 Å². The summed E-state index contributed by atoms with van der Waals surface area (Å²) in [5.41, 5.74) is 0. The third kappa shape index (κ3) is 8.41. The number of thioether (sulfide) groups is 1. The third-order valence-electron chi connectivity index (χ3n) is 1.43. The van der Waals surface area contributed by atoms with Gasteiger partial charge in [-0.15, -0.1) is 0 Å². The first-order valence-corrected chi connectivity index (χ1v) is 5.79. The number of aliphatic hydroxyl groups is 2. The van der Waals surface area contributed by atoms with E-state index < -0.39 is 12.1 Å². The Morgan fingerprint density at radius 1 is 1.47 bits per heavy atom. The van der Waals surface area contributed by atoms with E-state index in [-0.39, 0.29) is 36.9 Å². The lowest BCUT2D eigenvalue weighted by molar-refractivity contribution is -0.145. The zero-order valence-electron chi connectivity index (χ0n) is 8.64. The Labute approximate surface area is 92.8 Å². The van der Waals surface area contributed by atoms with E-state index in [0.29, 0.717) is 0 Å². The van der Waals surface area contributed by atoms with Crippen molar-refractivity contribution in [3.63, 3.8) is 0 Å². The van der Waals surface area contributed by atoms with Crippen molar-refractivity contribution in [3.05, 3.63) is 0 Å². The molecular formula is C9H16O5S. The van der Waals surface area contributed by atoms with Crippen LogP contribution in [0.15, 0.2) is 0 Å². The monoisotopic (exact) mass is 236 g/mol. The Balaban J connectivity index is 3.53. The quantitative estimate of drug-likeness (QED) is 0.440. The standard InChI is InChI=1S/C9H16O5S/c1-2-14-9(13)3-7(11)5-15-6-8(12)4-10/h8,10,12H,2-6H2,1H3. The van der Waals surface area contributed by atoms with Crippen LogP contribution < -0.4 is 0 Å². The average Bonchev–Trinajstić information content (AvgIpc) is 2.17. The van der Waals surface area contributed by atoms with Gasteiger partial charge < -0.3 is 14.9 Å². The van der Waals surface area contributed by atoms with E-state index in [1.165, 1.54) is 11.8 Å². The summed E-state index contributed by atoms with van der Waals surface area (Å²) in [6.07, 6.45) is -1.04. The number of aliphatic hydroxyl groups excluding tert-OH is 2. The zero-order valence-corrected chi connectivity index (χ0v) is 9.46. The van der Waals surface area contributed by atoms with Gasteiger partial charge in [0.05, 0.1) is 25.1 Å². The highest BCUT2D eigenvalue weighted by molar-refractivity contribution is 8.00. The maximum Gasteiger partial charge on any atom is 0.313 e. The predicted molar refractivity (Wildman–Crippen MR) is 56.7 cm³/mol. The van der Waals surface area contributed by atoms with E-state index in [2.05, 4.69) is 4.74 Å². The van der Waals surface area contributed by atoms with Crippen molar-refractivity contribution in [2.24, 2.45) is 0 Å². The number of hydrogen-bond donors (Lipinski definition) is 2. The normalized spacial score (nSPS) is 12.2. The molecule has 0 aromatic carbocycles. The number of ether oxygens (including phenoxy) is 1. The van der Waals surface area contributed by atoms with Crippen molar-refractivity contribution in [1.82, 2.24) is 0 Å². The Morgan fingerprint density at radius 2 is 2.13 bits per heavy atom. The Kier molecular flexibility index (Phi) is 8.35. The van der Waals surface area contributed by atoms with Crippen LogP contribution >= 0.6 is 11.8 Å². The zero-order chi connectivity index (χ0) is 11.7. The summed E-state index contributed by atoms with van der Waals surface area (Å²) in [7, 11) is 0. The number of carbonyl (C=O) groups is 2. The van der Waals surface area contributed by atoms with Gasteiger partial charge in [-0.05, 0) is 6.92 Å². The van der Waals surface area contributed by atoms with Crippen molar-refractivity contribution in [3.8, 4) is 0 Å². The lowest BCUT2D eigenvalue weighted by atomic mass is 10.3. The van der Waals surface area contributed by atoms with Crippen LogP contribution in [0, 0.1) is 0 Å². The van der Waals surface area contributed by atoms with Crippen molar-refractivity contribution in [1.29, 1.82) is 0 Å². The molecule has 0 aromatic rings. The molecule has 0 aromatic heterocycles. The molecule has 0 saturated carbocycles. The highest BCUT2D eigenvalue weighted by Gasteiger charge is 2.11. The van der Waals surface area contributed by atoms with Crippen molar-refractivity contribution in [2.45, 2.75) is 19.4 Å². The number of Topliss-reactive ketones (excluding diaryl/α,β-unsaturated/α-hetero) is 1. The first kappa shape index (κ1) is 14.4. The summed E-state index contributed by atoms with van der Waals surface area (Å²) in [6, 6.07) is 0. The molecule has 1 atom stereocenters. The molecule has 0 amide bonds. The van der Waals surface area contributed by atoms with Crippen LogP contribution in [-0.2, 0) is 14.3 Å². The molecule has 1 unspecified atom stereocenters. The fourth-order valence-electron chi connectivity index (χ4n) is 0.786. The lowest BCUT2D eigenvalue weighted by Gasteiger charge is -2.05. The smallest absolute Gasteiger partial charge is 0.313 e. The topological polar surface area (TPSA) is 83.8 Å². The van der Waals surface area contributed by atoms with Crippen molar-refractivity contribution in [2.75, 3.05) is 24.7 Å². The molecule has 15 heavy (non-hydrogen) atoms. The van der Waals surface area contributed by atoms with Crippen LogP contribution in [0.25, 0.3) is 0 Å². The fraction of sp³-hybridized carbons (Fsp3) is 0.778. The minimum Gasteiger partial charge on any atom is -0.466 e. The fourth-order valence-corrected chi connectivity index (χ4v) is 1.61. The summed E-state index contributed by atoms with van der Waals surface area (Å²) < 4.78 is 4.60. The number of rotatable bonds is 8. The van der Waals surface area contributed by atoms with Crippen LogP contribution in [0.5, 0.6) is 0 Å². The van der Waals surface area contributed by atoms with Gasteiger partial charge in [0.25, 0.3) is 0 Å². The minimum absolute atomic E-state index is 0.149. The highest BCUT2D eigenvalue weighted by Crippen LogP contribution is 2.04. The van der Waals surface area contributed by atoms with E-state index >= 15 is 0 Å². The van der Waals surface area contributed by atoms with E-state index in [1.54, 1.807) is 6.92 Å². The van der Waals surface area contributed by atoms with Crippen molar-refractivity contribution < 1.29 is 24.5 Å². The van der Waals surface area contributed by atoms with Gasteiger partial charge in [-0.2, -0.15) is 11.8 Å². The van der Waals surface area contributed by atoms with Gasteiger partial charge in [0.15, 0.2) is 5.78 Å². The largest absolute Gasteiger partial charge is 0.466 e. The van der Waals surface area contributed by atoms with Gasteiger partial charge in [-0.1, -0.05) is 0 Å². The van der Waals surface area contributed by atoms with E-state index in [4.69, 9.17) is 10.2 Å². The van der Waals surface area contributed by atoms with Crippen molar-refractivity contribution >= 4 is 23.5 Å². The maximum atomic E-state index is 11.1. The second-order valence-electron chi connectivity index (χ2n) is 2.87. The summed E-state index contributed by atoms with van der Waals surface area (Å²) in [6.45, 7) is 1.62. The molecular weight excluding hydrogens is 220 g/mol. The molecule has 0 spiro atoms. The number of hydrogen-bond acceptors (Lipinski definition) is 6. The molecule has 0 heterocycles. The van der Waals surface area contributed by atoms with Crippen LogP contribution in [0.3, 0.4) is 0 Å². The maximum absolute atomic E-state index is 11.1. The van der Waals surface area contributed by atoms with Gasteiger partial charge >= 0.3 is 5.97 Å². The third-order valence-corrected chi connectivity index (χ3v) is 2.58. The van der Waals surface area contributed by atoms with Gasteiger partial charge in [0.2, 0.25) is 0 Å². The molecule has 2 N–H and O–H groups in total. The predicted octanol–water partition coefficient (Wildman–Crippen LogP) is -0.405. The van der Waals surface area contributed by atoms with E-state index in [0.717, 1.165) is 0 Å². The molecule has 0 fully saturated rings. The summed E-state index contributed by atoms with van der Waals surface area (Å²) in [4.78, 5) is 22.0. The van der Waals surface area contributed by atoms with Crippen LogP contribution in [0.4, 0.5) is 0 Å². The molecule has 5 nitrogen and oxygen atoms in total. The summed E-state index contributed by atoms with van der Waals surface area (Å²) in [5, 5.41) is 17.5. The molecule has 0 aliphatic rings. The molecule has 0 radical (unpaired) electrons. The summed E-state index contributed by atoms with van der Waals surface area (Å²) >= 11 is 1.19. The molecule has 0 aliphatic carbocycles. The van der Waals surface area contributed by atoms with E-state index in [1.807, 2.05) is 0 Å². The van der Waals surface area contributed by atoms with Gasteiger partial charge in [-0.25, -0.2) is 0 Å². The van der Waals surface area contributed by atoms with Crippen LogP contribution in [0.1, 0.15) is 13.3 Å². The lowest BCUT2D eigenvalue weighted by Crippen LogP contribution is -2.17. The number of esters is 1. The SMILES string of the molecule is CCOC(=O)CC(=O)CSCC(O)CO. The second-order valence-corrected chi connectivity index (χ2v) is 3.90. The molecule has 0 aliphatic heterocycles. The van der Waals surface area contributed by atoms with Crippen LogP contribution in [-0.4, -0.2) is 52.8 Å². The Bertz CT molecular complexity index is 207. The first-order chi connectivity index (χ1) is 7.10. The second kappa shape index (κ2) is 8.70. The molecule has 0 rings (SSSR count). The molecule has 0 saturated heterocycles. The molecule has 6 heteroatoms. The number of ketones is 1. The van der Waals surface area contributed by atoms with Crippen LogP contribution in [0.2, 0.25) is 0 Å². The number of carbonyl (C=O) groups excluding carboxylic acids is 2. The average molecular weight is 236 g/mol. The van der Waals surface area contributed by atoms with Gasteiger partial charge in [-0.3, -0.25) is 9.59 Å². The molecule has 88 valence electrons. The minimum atomic E-state index is -0.814. The van der Waals surface area contributed by atoms with Gasteiger partial charge in [0.1, 0.15) is 6.42 Å². The summed E-state index contributed by atoms with van der Waals surface area (Å²) in [5.74, 6) is -0.324. The Hall–Kier alpha value is -0.590.